The van der Waals surface area contributed by atoms with E-state index in [-0.39, 0.29) is 12.2 Å². The largest absolute Gasteiger partial charge is 0.463 e. The van der Waals surface area contributed by atoms with E-state index in [0.29, 0.717) is 20.6 Å². The van der Waals surface area contributed by atoms with Gasteiger partial charge in [0.15, 0.2) is 4.80 Å². The molecule has 0 aliphatic carbocycles. The number of esters is 1. The van der Waals surface area contributed by atoms with Gasteiger partial charge in [0.25, 0.3) is 5.56 Å². The maximum absolute atomic E-state index is 13.7. The first-order chi connectivity index (χ1) is 16.8. The van der Waals surface area contributed by atoms with E-state index in [1.165, 1.54) is 11.3 Å². The van der Waals surface area contributed by atoms with E-state index in [9.17, 15) is 9.59 Å². The summed E-state index contributed by atoms with van der Waals surface area (Å²) in [7, 11) is 1.85. The number of benzene rings is 1. The van der Waals surface area contributed by atoms with Gasteiger partial charge in [0.05, 0.1) is 34.1 Å². The SMILES string of the molecule is CCOC(=O)C1=C(C)N=c2s/c(=C/c3cn(C)nc3C)c(=O)n2C1c1ccc(N(CC)CC)cc1. The first kappa shape index (κ1) is 24.7. The summed E-state index contributed by atoms with van der Waals surface area (Å²) in [6, 6.07) is 7.43. The second-order valence-electron chi connectivity index (χ2n) is 8.41. The van der Waals surface area contributed by atoms with Crippen molar-refractivity contribution in [2.45, 2.75) is 40.7 Å². The number of allylic oxidation sites excluding steroid dienone is 1. The molecule has 2 aromatic heterocycles. The summed E-state index contributed by atoms with van der Waals surface area (Å²) in [5.74, 6) is -0.455. The second kappa shape index (κ2) is 10.0. The Bertz CT molecular complexity index is 1460. The van der Waals surface area contributed by atoms with Gasteiger partial charge in [-0.1, -0.05) is 23.5 Å². The predicted octanol–water partition coefficient (Wildman–Crippen LogP) is 2.69. The van der Waals surface area contributed by atoms with Crippen LogP contribution in [0.3, 0.4) is 0 Å². The molecule has 0 N–H and O–H groups in total. The Kier molecular flexibility index (Phi) is 7.07. The van der Waals surface area contributed by atoms with Gasteiger partial charge in [-0.25, -0.2) is 9.79 Å². The van der Waals surface area contributed by atoms with E-state index in [1.807, 2.05) is 50.5 Å². The molecule has 8 nitrogen and oxygen atoms in total. The molecule has 0 saturated heterocycles. The number of carbonyl (C=O) groups excluding carboxylic acids is 1. The number of fused-ring (bicyclic) bond motifs is 1. The lowest BCUT2D eigenvalue weighted by Gasteiger charge is -2.26. The molecule has 1 unspecified atom stereocenters. The van der Waals surface area contributed by atoms with Gasteiger partial charge >= 0.3 is 5.97 Å². The molecule has 0 bridgehead atoms. The first-order valence-electron chi connectivity index (χ1n) is 11.8. The first-order valence-corrected chi connectivity index (χ1v) is 12.6. The molecule has 1 aliphatic heterocycles. The van der Waals surface area contributed by atoms with E-state index in [0.717, 1.165) is 35.6 Å². The number of ether oxygens (including phenoxy) is 1. The molecule has 184 valence electrons. The molecule has 9 heteroatoms. The van der Waals surface area contributed by atoms with Crippen molar-refractivity contribution in [2.24, 2.45) is 12.0 Å². The van der Waals surface area contributed by atoms with Gasteiger partial charge in [0, 0.05) is 37.6 Å². The average molecular weight is 494 g/mol. The zero-order valence-electron chi connectivity index (χ0n) is 21.0. The van der Waals surface area contributed by atoms with Crippen molar-refractivity contribution in [3.8, 4) is 0 Å². The van der Waals surface area contributed by atoms with Gasteiger partial charge in [-0.05, 0) is 58.4 Å². The minimum absolute atomic E-state index is 0.191. The topological polar surface area (TPSA) is 81.7 Å². The standard InChI is InChI=1S/C26H31N5O3S/c1-7-30(8-2)20-12-10-18(11-13-20)23-22(25(33)34-9-3)17(5)27-26-31(23)24(32)21(35-26)14-19-15-29(6)28-16(19)4/h10-15,23H,7-9H2,1-6H3/b21-14+. The molecule has 1 aromatic carbocycles. The molecular weight excluding hydrogens is 462 g/mol. The van der Waals surface area contributed by atoms with E-state index in [1.54, 1.807) is 23.1 Å². The monoisotopic (exact) mass is 493 g/mol. The predicted molar refractivity (Wildman–Crippen MR) is 138 cm³/mol. The molecule has 35 heavy (non-hydrogen) atoms. The van der Waals surface area contributed by atoms with Crippen LogP contribution in [0.2, 0.25) is 0 Å². The number of aromatic nitrogens is 3. The number of hydrogen-bond donors (Lipinski definition) is 0. The van der Waals surface area contributed by atoms with E-state index >= 15 is 0 Å². The molecule has 4 rings (SSSR count). The number of hydrogen-bond acceptors (Lipinski definition) is 7. The molecule has 0 spiro atoms. The third-order valence-corrected chi connectivity index (χ3v) is 7.18. The lowest BCUT2D eigenvalue weighted by Crippen LogP contribution is -2.40. The van der Waals surface area contributed by atoms with Crippen LogP contribution in [-0.2, 0) is 16.6 Å². The lowest BCUT2D eigenvalue weighted by atomic mass is 9.95. The van der Waals surface area contributed by atoms with Crippen molar-refractivity contribution in [2.75, 3.05) is 24.6 Å². The van der Waals surface area contributed by atoms with Crippen molar-refractivity contribution in [3.05, 3.63) is 78.2 Å². The Hall–Kier alpha value is -3.46. The van der Waals surface area contributed by atoms with Crippen LogP contribution in [0, 0.1) is 6.92 Å². The van der Waals surface area contributed by atoms with Gasteiger partial charge < -0.3 is 9.64 Å². The number of carbonyl (C=O) groups is 1. The molecule has 0 fully saturated rings. The minimum atomic E-state index is -0.617. The molecule has 3 heterocycles. The second-order valence-corrected chi connectivity index (χ2v) is 9.42. The Morgan fingerprint density at radius 2 is 1.86 bits per heavy atom. The molecular formula is C26H31N5O3S. The Balaban J connectivity index is 1.91. The molecule has 0 amide bonds. The fourth-order valence-corrected chi connectivity index (χ4v) is 5.50. The highest BCUT2D eigenvalue weighted by Crippen LogP contribution is 2.31. The van der Waals surface area contributed by atoms with Crippen LogP contribution in [-0.4, -0.2) is 40.0 Å². The van der Waals surface area contributed by atoms with E-state index in [4.69, 9.17) is 4.74 Å². The normalized spacial score (nSPS) is 15.7. The summed E-state index contributed by atoms with van der Waals surface area (Å²) in [4.78, 5) is 34.2. The van der Waals surface area contributed by atoms with Crippen LogP contribution < -0.4 is 19.8 Å². The molecule has 3 aromatic rings. The highest BCUT2D eigenvalue weighted by Gasteiger charge is 2.33. The van der Waals surface area contributed by atoms with Crippen LogP contribution in [0.25, 0.3) is 6.08 Å². The van der Waals surface area contributed by atoms with Gasteiger partial charge in [0.2, 0.25) is 0 Å². The van der Waals surface area contributed by atoms with Crippen LogP contribution in [0.1, 0.15) is 50.6 Å². The number of anilines is 1. The van der Waals surface area contributed by atoms with Crippen LogP contribution in [0.15, 0.2) is 51.5 Å². The Morgan fingerprint density at radius 1 is 1.17 bits per heavy atom. The van der Waals surface area contributed by atoms with Crippen molar-refractivity contribution in [1.29, 1.82) is 0 Å². The zero-order valence-corrected chi connectivity index (χ0v) is 21.8. The Labute approximate surface area is 208 Å². The van der Waals surface area contributed by atoms with Gasteiger partial charge in [-0.15, -0.1) is 0 Å². The maximum atomic E-state index is 13.7. The number of aryl methyl sites for hydroxylation is 2. The molecule has 0 saturated carbocycles. The summed E-state index contributed by atoms with van der Waals surface area (Å²) in [5.41, 5.74) is 4.40. The van der Waals surface area contributed by atoms with Crippen molar-refractivity contribution >= 4 is 29.1 Å². The highest BCUT2D eigenvalue weighted by molar-refractivity contribution is 7.07. The minimum Gasteiger partial charge on any atom is -0.463 e. The third kappa shape index (κ3) is 4.60. The van der Waals surface area contributed by atoms with Crippen molar-refractivity contribution < 1.29 is 9.53 Å². The summed E-state index contributed by atoms with van der Waals surface area (Å²) < 4.78 is 9.27. The van der Waals surface area contributed by atoms with E-state index in [2.05, 4.69) is 28.8 Å². The van der Waals surface area contributed by atoms with Crippen molar-refractivity contribution in [1.82, 2.24) is 14.3 Å². The fourth-order valence-electron chi connectivity index (χ4n) is 4.46. The van der Waals surface area contributed by atoms with Gasteiger partial charge in [0.1, 0.15) is 0 Å². The number of rotatable bonds is 7. The number of nitrogens with zero attached hydrogens (tertiary/aromatic N) is 5. The average Bonchev–Trinajstić information content (AvgIpc) is 3.31. The van der Waals surface area contributed by atoms with Crippen molar-refractivity contribution in [3.63, 3.8) is 0 Å². The summed E-state index contributed by atoms with van der Waals surface area (Å²) in [6.45, 7) is 11.7. The molecule has 1 aliphatic rings. The highest BCUT2D eigenvalue weighted by atomic mass is 32.1. The molecule has 1 atom stereocenters. The van der Waals surface area contributed by atoms with Crippen LogP contribution in [0.5, 0.6) is 0 Å². The van der Waals surface area contributed by atoms with Gasteiger partial charge in [-0.2, -0.15) is 5.10 Å². The van der Waals surface area contributed by atoms with Gasteiger partial charge in [-0.3, -0.25) is 14.0 Å². The summed E-state index contributed by atoms with van der Waals surface area (Å²) in [6.07, 6.45) is 3.72. The maximum Gasteiger partial charge on any atom is 0.338 e. The summed E-state index contributed by atoms with van der Waals surface area (Å²) in [5, 5.41) is 4.37. The fraction of sp³-hybridized carbons (Fsp3) is 0.385. The third-order valence-electron chi connectivity index (χ3n) is 6.19. The van der Waals surface area contributed by atoms with E-state index < -0.39 is 12.0 Å². The summed E-state index contributed by atoms with van der Waals surface area (Å²) >= 11 is 1.32. The Morgan fingerprint density at radius 3 is 2.43 bits per heavy atom. The zero-order chi connectivity index (χ0) is 25.3. The van der Waals surface area contributed by atoms with Crippen LogP contribution >= 0.6 is 11.3 Å². The lowest BCUT2D eigenvalue weighted by molar-refractivity contribution is -0.139. The van der Waals surface area contributed by atoms with Crippen LogP contribution in [0.4, 0.5) is 5.69 Å². The number of thiazole rings is 1. The smallest absolute Gasteiger partial charge is 0.338 e. The molecule has 0 radical (unpaired) electrons. The quantitative estimate of drug-likeness (QED) is 0.473.